The van der Waals surface area contributed by atoms with Crippen LogP contribution in [0.2, 0.25) is 0 Å². The van der Waals surface area contributed by atoms with Crippen LogP contribution in [0, 0.1) is 11.3 Å². The van der Waals surface area contributed by atoms with Crippen molar-refractivity contribution in [2.75, 3.05) is 7.05 Å². The van der Waals surface area contributed by atoms with Gasteiger partial charge in [0.05, 0.1) is 5.56 Å². The van der Waals surface area contributed by atoms with Crippen LogP contribution in [-0.4, -0.2) is 34.4 Å². The number of likely N-dealkylation sites (N-methyl/N-ethyl adjacent to an activating group) is 1. The molecule has 0 saturated heterocycles. The molecule has 136 valence electrons. The van der Waals surface area contributed by atoms with E-state index in [1.807, 2.05) is 32.0 Å². The maximum Gasteiger partial charge on any atom is 0.261 e. The summed E-state index contributed by atoms with van der Waals surface area (Å²) < 4.78 is 6.11. The number of carbonyl (C=O) groups excluding carboxylic acids is 1. The standard InChI is InChI=1S/C20H19N5O2/c1-19(2)11-20(17(26)25(3)18(22)24-20)15-7-13(4-5-16(15)27-19)14-6-12(8-21)9-23-10-14/h4-7,9-10H,11H2,1-3H3,(H2,22,24). The van der Waals surface area contributed by atoms with Gasteiger partial charge in [-0.3, -0.25) is 14.7 Å². The highest BCUT2D eigenvalue weighted by molar-refractivity contribution is 6.07. The Balaban J connectivity index is 1.92. The highest BCUT2D eigenvalue weighted by Gasteiger charge is 2.55. The maximum atomic E-state index is 13.1. The molecule has 1 amide bonds. The monoisotopic (exact) mass is 361 g/mol. The number of benzene rings is 1. The number of nitrogens with two attached hydrogens (primary N) is 1. The second-order valence-corrected chi connectivity index (χ2v) is 7.52. The number of rotatable bonds is 1. The Kier molecular flexibility index (Phi) is 3.50. The average molecular weight is 361 g/mol. The van der Waals surface area contributed by atoms with Gasteiger partial charge in [-0.25, -0.2) is 4.99 Å². The number of hydrogen-bond acceptors (Lipinski definition) is 6. The normalized spacial score (nSPS) is 22.8. The first-order valence-electron chi connectivity index (χ1n) is 8.58. The Labute approximate surface area is 157 Å². The molecule has 2 aromatic rings. The minimum absolute atomic E-state index is 0.168. The van der Waals surface area contributed by atoms with Crippen LogP contribution in [0.25, 0.3) is 11.1 Å². The SMILES string of the molecule is CN1C(=O)C2(CC(C)(C)Oc3ccc(-c4cncc(C#N)c4)cc32)N=C1N. The quantitative estimate of drug-likeness (QED) is 0.838. The summed E-state index contributed by atoms with van der Waals surface area (Å²) in [5.41, 5.74) is 7.07. The van der Waals surface area contributed by atoms with Crippen LogP contribution in [0.4, 0.5) is 0 Å². The number of pyridine rings is 1. The van der Waals surface area contributed by atoms with Crippen molar-refractivity contribution in [2.24, 2.45) is 10.7 Å². The molecule has 0 radical (unpaired) electrons. The van der Waals surface area contributed by atoms with E-state index >= 15 is 0 Å². The van der Waals surface area contributed by atoms with E-state index in [1.165, 1.54) is 11.1 Å². The Morgan fingerprint density at radius 3 is 2.70 bits per heavy atom. The highest BCUT2D eigenvalue weighted by Crippen LogP contribution is 2.49. The van der Waals surface area contributed by atoms with Crippen molar-refractivity contribution in [1.29, 1.82) is 5.26 Å². The number of amides is 1. The van der Waals surface area contributed by atoms with Gasteiger partial charge in [-0.2, -0.15) is 5.26 Å². The van der Waals surface area contributed by atoms with E-state index in [-0.39, 0.29) is 11.9 Å². The first-order valence-corrected chi connectivity index (χ1v) is 8.58. The third-order valence-electron chi connectivity index (χ3n) is 5.00. The Bertz CT molecular complexity index is 1040. The van der Waals surface area contributed by atoms with Gasteiger partial charge in [0.15, 0.2) is 11.5 Å². The van der Waals surface area contributed by atoms with Crippen LogP contribution >= 0.6 is 0 Å². The summed E-state index contributed by atoms with van der Waals surface area (Å²) in [7, 11) is 1.63. The summed E-state index contributed by atoms with van der Waals surface area (Å²) in [6.45, 7) is 3.87. The fourth-order valence-corrected chi connectivity index (χ4v) is 3.82. The Morgan fingerprint density at radius 1 is 1.26 bits per heavy atom. The molecule has 1 spiro atoms. The summed E-state index contributed by atoms with van der Waals surface area (Å²) in [5, 5.41) is 9.13. The molecule has 0 bridgehead atoms. The van der Waals surface area contributed by atoms with Crippen LogP contribution in [0.15, 0.2) is 41.7 Å². The van der Waals surface area contributed by atoms with Crippen LogP contribution in [0.3, 0.4) is 0 Å². The van der Waals surface area contributed by atoms with Gasteiger partial charge in [0.1, 0.15) is 17.4 Å². The van der Waals surface area contributed by atoms with Gasteiger partial charge in [0.2, 0.25) is 0 Å². The highest BCUT2D eigenvalue weighted by atomic mass is 16.5. The van der Waals surface area contributed by atoms with E-state index in [1.54, 1.807) is 19.3 Å². The van der Waals surface area contributed by atoms with Gasteiger partial charge in [-0.1, -0.05) is 6.07 Å². The van der Waals surface area contributed by atoms with Crippen molar-refractivity contribution >= 4 is 11.9 Å². The third-order valence-corrected chi connectivity index (χ3v) is 5.00. The lowest BCUT2D eigenvalue weighted by Crippen LogP contribution is -2.49. The third kappa shape index (κ3) is 2.53. The molecule has 7 nitrogen and oxygen atoms in total. The summed E-state index contributed by atoms with van der Waals surface area (Å²) in [5.74, 6) is 0.639. The van der Waals surface area contributed by atoms with E-state index in [9.17, 15) is 4.79 Å². The second-order valence-electron chi connectivity index (χ2n) is 7.52. The largest absolute Gasteiger partial charge is 0.487 e. The molecule has 1 aromatic heterocycles. The lowest BCUT2D eigenvalue weighted by Gasteiger charge is -2.41. The second kappa shape index (κ2) is 5.55. The van der Waals surface area contributed by atoms with Crippen molar-refractivity contribution in [1.82, 2.24) is 9.88 Å². The summed E-state index contributed by atoms with van der Waals surface area (Å²) in [4.78, 5) is 23.2. The van der Waals surface area contributed by atoms with E-state index in [0.29, 0.717) is 23.3 Å². The first-order chi connectivity index (χ1) is 12.8. The molecule has 7 heteroatoms. The van der Waals surface area contributed by atoms with Crippen LogP contribution < -0.4 is 10.5 Å². The van der Waals surface area contributed by atoms with Crippen molar-refractivity contribution in [3.63, 3.8) is 0 Å². The zero-order valence-corrected chi connectivity index (χ0v) is 15.4. The number of aromatic nitrogens is 1. The van der Waals surface area contributed by atoms with Crippen LogP contribution in [0.1, 0.15) is 31.4 Å². The van der Waals surface area contributed by atoms with Crippen LogP contribution in [-0.2, 0) is 10.3 Å². The molecule has 1 unspecified atom stereocenters. The zero-order valence-electron chi connectivity index (χ0n) is 15.4. The number of carbonyl (C=O) groups is 1. The zero-order chi connectivity index (χ0) is 19.4. The topological polar surface area (TPSA) is 105 Å². The number of fused-ring (bicyclic) bond motifs is 2. The minimum atomic E-state index is -1.10. The molecule has 0 aliphatic carbocycles. The summed E-state index contributed by atoms with van der Waals surface area (Å²) >= 11 is 0. The van der Waals surface area contributed by atoms with Gasteiger partial charge >= 0.3 is 0 Å². The Hall–Kier alpha value is -3.40. The van der Waals surface area contributed by atoms with E-state index < -0.39 is 11.1 Å². The van der Waals surface area contributed by atoms with Crippen LogP contribution in [0.5, 0.6) is 5.75 Å². The minimum Gasteiger partial charge on any atom is -0.487 e. The van der Waals surface area contributed by atoms with Crippen molar-refractivity contribution < 1.29 is 9.53 Å². The van der Waals surface area contributed by atoms with Gasteiger partial charge in [0, 0.05) is 37.0 Å². The lowest BCUT2D eigenvalue weighted by atomic mass is 9.77. The predicted octanol–water partition coefficient (Wildman–Crippen LogP) is 2.16. The van der Waals surface area contributed by atoms with E-state index in [0.717, 1.165) is 11.1 Å². The number of aliphatic imine (C=N–C) groups is 1. The average Bonchev–Trinajstić information content (AvgIpc) is 2.85. The van der Waals surface area contributed by atoms with Crippen molar-refractivity contribution in [3.8, 4) is 22.9 Å². The number of nitrogens with zero attached hydrogens (tertiary/aromatic N) is 4. The maximum absolute atomic E-state index is 13.1. The molecular weight excluding hydrogens is 342 g/mol. The molecule has 0 fully saturated rings. The smallest absolute Gasteiger partial charge is 0.261 e. The number of ether oxygens (including phenoxy) is 1. The first kappa shape index (κ1) is 17.0. The van der Waals surface area contributed by atoms with Gasteiger partial charge in [-0.05, 0) is 37.6 Å². The van der Waals surface area contributed by atoms with Crippen molar-refractivity contribution in [3.05, 3.63) is 47.8 Å². The molecule has 1 atom stereocenters. The Morgan fingerprint density at radius 2 is 2.04 bits per heavy atom. The lowest BCUT2D eigenvalue weighted by molar-refractivity contribution is -0.133. The molecule has 2 aliphatic heterocycles. The van der Waals surface area contributed by atoms with E-state index in [2.05, 4.69) is 16.0 Å². The molecule has 1 aromatic carbocycles. The predicted molar refractivity (Wildman–Crippen MR) is 99.8 cm³/mol. The summed E-state index contributed by atoms with van der Waals surface area (Å²) in [6, 6.07) is 9.46. The summed E-state index contributed by atoms with van der Waals surface area (Å²) in [6.07, 6.45) is 3.58. The van der Waals surface area contributed by atoms with Gasteiger partial charge in [-0.15, -0.1) is 0 Å². The molecule has 4 rings (SSSR count). The molecular formula is C20H19N5O2. The fourth-order valence-electron chi connectivity index (χ4n) is 3.82. The molecule has 2 aliphatic rings. The van der Waals surface area contributed by atoms with E-state index in [4.69, 9.17) is 15.7 Å². The molecule has 0 saturated carbocycles. The molecule has 2 N–H and O–H groups in total. The van der Waals surface area contributed by atoms with Gasteiger partial charge < -0.3 is 10.5 Å². The number of hydrogen-bond donors (Lipinski definition) is 1. The number of nitriles is 1. The van der Waals surface area contributed by atoms with Crippen molar-refractivity contribution in [2.45, 2.75) is 31.4 Å². The van der Waals surface area contributed by atoms with Gasteiger partial charge in [0.25, 0.3) is 5.91 Å². The molecule has 3 heterocycles. The molecule has 27 heavy (non-hydrogen) atoms. The number of guanidine groups is 1. The fraction of sp³-hybridized carbons (Fsp3) is 0.300.